The lowest BCUT2D eigenvalue weighted by molar-refractivity contribution is -0.223. The molecule has 0 saturated heterocycles. The Labute approximate surface area is 195 Å². The minimum atomic E-state index is -3.42. The minimum Gasteiger partial charge on any atom is -0.482 e. The van der Waals surface area contributed by atoms with Crippen LogP contribution < -0.4 is 9.47 Å². The number of halogens is 6. The number of benzene rings is 2. The fourth-order valence-corrected chi connectivity index (χ4v) is 5.00. The Hall–Kier alpha value is -2.38. The zero-order valence-corrected chi connectivity index (χ0v) is 19.0. The van der Waals surface area contributed by atoms with Crippen LogP contribution in [0.2, 0.25) is 0 Å². The molecule has 0 N–H and O–H groups in total. The van der Waals surface area contributed by atoms with Crippen molar-refractivity contribution in [2.24, 2.45) is 11.8 Å². The second kappa shape index (κ2) is 10.1. The van der Waals surface area contributed by atoms with Crippen LogP contribution in [0.5, 0.6) is 11.5 Å². The van der Waals surface area contributed by atoms with Gasteiger partial charge in [0.2, 0.25) is 0 Å². The summed E-state index contributed by atoms with van der Waals surface area (Å²) in [5.74, 6) is -6.15. The number of ether oxygens (including phenoxy) is 2. The number of hydrogen-bond acceptors (Lipinski definition) is 2. The van der Waals surface area contributed by atoms with Crippen LogP contribution in [-0.2, 0) is 6.42 Å². The van der Waals surface area contributed by atoms with Crippen LogP contribution >= 0.6 is 0 Å². The van der Waals surface area contributed by atoms with E-state index in [-0.39, 0.29) is 29.9 Å². The Balaban J connectivity index is 1.44. The van der Waals surface area contributed by atoms with E-state index in [2.05, 4.69) is 6.92 Å². The largest absolute Gasteiger partial charge is 0.482 e. The summed E-state index contributed by atoms with van der Waals surface area (Å²) in [6.45, 7) is 2.11. The first-order valence-corrected chi connectivity index (χ1v) is 11.9. The third-order valence-corrected chi connectivity index (χ3v) is 6.95. The smallest absolute Gasteiger partial charge is 0.400 e. The van der Waals surface area contributed by atoms with Crippen LogP contribution in [0.15, 0.2) is 24.3 Å². The summed E-state index contributed by atoms with van der Waals surface area (Å²) in [7, 11) is 0. The van der Waals surface area contributed by atoms with Gasteiger partial charge in [-0.1, -0.05) is 26.2 Å². The fourth-order valence-electron chi connectivity index (χ4n) is 5.00. The van der Waals surface area contributed by atoms with Crippen molar-refractivity contribution in [2.45, 2.75) is 76.9 Å². The summed E-state index contributed by atoms with van der Waals surface area (Å²) in [6.07, 6.45) is 1.56. The molecule has 2 aromatic rings. The molecular formula is C26H28F6O2. The zero-order chi connectivity index (χ0) is 24.5. The van der Waals surface area contributed by atoms with Crippen molar-refractivity contribution in [3.8, 4) is 11.5 Å². The quantitative estimate of drug-likeness (QED) is 0.290. The van der Waals surface area contributed by atoms with Crippen molar-refractivity contribution in [2.75, 3.05) is 0 Å². The van der Waals surface area contributed by atoms with Crippen molar-refractivity contribution in [3.63, 3.8) is 0 Å². The molecule has 1 aliphatic carbocycles. The first-order valence-electron chi connectivity index (χ1n) is 11.9. The van der Waals surface area contributed by atoms with Gasteiger partial charge in [-0.3, -0.25) is 0 Å². The third-order valence-electron chi connectivity index (χ3n) is 6.95. The van der Waals surface area contributed by atoms with E-state index in [9.17, 15) is 26.3 Å². The summed E-state index contributed by atoms with van der Waals surface area (Å²) in [5, 5.41) is 0. The monoisotopic (exact) mass is 486 g/mol. The molecule has 2 nitrogen and oxygen atoms in total. The van der Waals surface area contributed by atoms with E-state index in [4.69, 9.17) is 9.47 Å². The lowest BCUT2D eigenvalue weighted by Gasteiger charge is -2.33. The maximum atomic E-state index is 14.9. The highest BCUT2D eigenvalue weighted by atomic mass is 19.3. The molecule has 0 bridgehead atoms. The average molecular weight is 486 g/mol. The molecule has 0 radical (unpaired) electrons. The van der Waals surface area contributed by atoms with Crippen molar-refractivity contribution >= 4 is 0 Å². The Bertz CT molecular complexity index is 994. The van der Waals surface area contributed by atoms with Gasteiger partial charge in [0.25, 0.3) is 0 Å². The van der Waals surface area contributed by atoms with Crippen LogP contribution in [0.1, 0.15) is 75.5 Å². The predicted octanol–water partition coefficient (Wildman–Crippen LogP) is 8.28. The van der Waals surface area contributed by atoms with E-state index in [0.717, 1.165) is 50.3 Å². The molecule has 1 heterocycles. The summed E-state index contributed by atoms with van der Waals surface area (Å²) in [6, 6.07) is 3.77. The van der Waals surface area contributed by atoms with Gasteiger partial charge in [-0.15, -0.1) is 0 Å². The Kier molecular flexibility index (Phi) is 7.33. The van der Waals surface area contributed by atoms with E-state index >= 15 is 0 Å². The van der Waals surface area contributed by atoms with Crippen molar-refractivity contribution in [1.29, 1.82) is 0 Å². The summed E-state index contributed by atoms with van der Waals surface area (Å²) in [5.41, 5.74) is 0.358. The highest BCUT2D eigenvalue weighted by Gasteiger charge is 2.44. The maximum Gasteiger partial charge on any atom is 0.400 e. The maximum absolute atomic E-state index is 14.9. The average Bonchev–Trinajstić information content (AvgIpc) is 2.80. The molecule has 34 heavy (non-hydrogen) atoms. The number of rotatable bonds is 7. The van der Waals surface area contributed by atoms with Gasteiger partial charge in [0.05, 0.1) is 5.92 Å². The van der Waals surface area contributed by atoms with Gasteiger partial charge in [-0.2, -0.15) is 8.78 Å². The van der Waals surface area contributed by atoms with Crippen LogP contribution in [0.4, 0.5) is 26.3 Å². The predicted molar refractivity (Wildman–Crippen MR) is 115 cm³/mol. The second-order valence-corrected chi connectivity index (χ2v) is 9.36. The first kappa shape index (κ1) is 24.7. The number of aryl methyl sites for hydroxylation is 1. The molecular weight excluding hydrogens is 458 g/mol. The van der Waals surface area contributed by atoms with E-state index in [0.29, 0.717) is 24.3 Å². The standard InChI is InChI=1S/C26H28F6O2/c1-2-3-4-15-5-8-18(9-6-15)26(31,32)34-19-11-16-7-10-23(33-25(16)22(29)14-19)17-12-20(27)24(30)21(28)13-17/h11-15,18,23H,2-10H2,1H3. The molecule has 4 rings (SSSR count). The topological polar surface area (TPSA) is 18.5 Å². The Morgan fingerprint density at radius 2 is 1.59 bits per heavy atom. The molecule has 1 aliphatic heterocycles. The van der Waals surface area contributed by atoms with E-state index in [1.165, 1.54) is 6.07 Å². The fraction of sp³-hybridized carbons (Fsp3) is 0.538. The van der Waals surface area contributed by atoms with E-state index in [1.807, 2.05) is 0 Å². The van der Waals surface area contributed by atoms with Crippen LogP contribution in [0.3, 0.4) is 0 Å². The molecule has 1 fully saturated rings. The van der Waals surface area contributed by atoms with Gasteiger partial charge < -0.3 is 9.47 Å². The second-order valence-electron chi connectivity index (χ2n) is 9.36. The molecule has 0 amide bonds. The van der Waals surface area contributed by atoms with Crippen molar-refractivity contribution < 1.29 is 35.8 Å². The molecule has 1 atom stereocenters. The van der Waals surface area contributed by atoms with E-state index < -0.39 is 41.4 Å². The third kappa shape index (κ3) is 5.31. The van der Waals surface area contributed by atoms with Gasteiger partial charge in [0.1, 0.15) is 11.9 Å². The van der Waals surface area contributed by atoms with Crippen LogP contribution in [0.25, 0.3) is 0 Å². The van der Waals surface area contributed by atoms with Crippen molar-refractivity contribution in [3.05, 3.63) is 58.7 Å². The van der Waals surface area contributed by atoms with Gasteiger partial charge >= 0.3 is 6.11 Å². The van der Waals surface area contributed by atoms with Gasteiger partial charge in [0, 0.05) is 11.6 Å². The Morgan fingerprint density at radius 3 is 2.24 bits per heavy atom. The summed E-state index contributed by atoms with van der Waals surface area (Å²) < 4.78 is 95.4. The minimum absolute atomic E-state index is 0.0304. The van der Waals surface area contributed by atoms with Gasteiger partial charge in [0.15, 0.2) is 29.0 Å². The zero-order valence-electron chi connectivity index (χ0n) is 19.0. The molecule has 1 saturated carbocycles. The lowest BCUT2D eigenvalue weighted by atomic mass is 9.79. The molecule has 2 aromatic carbocycles. The van der Waals surface area contributed by atoms with Gasteiger partial charge in [-0.05, 0) is 68.2 Å². The molecule has 0 spiro atoms. The Morgan fingerprint density at radius 1 is 0.912 bits per heavy atom. The molecule has 1 unspecified atom stereocenters. The molecule has 8 heteroatoms. The van der Waals surface area contributed by atoms with E-state index in [1.54, 1.807) is 0 Å². The first-order chi connectivity index (χ1) is 16.2. The molecule has 2 aliphatic rings. The number of hydrogen-bond donors (Lipinski definition) is 0. The number of alkyl halides is 2. The summed E-state index contributed by atoms with van der Waals surface area (Å²) in [4.78, 5) is 0. The van der Waals surface area contributed by atoms with Gasteiger partial charge in [-0.25, -0.2) is 17.6 Å². The summed E-state index contributed by atoms with van der Waals surface area (Å²) >= 11 is 0. The molecule has 186 valence electrons. The van der Waals surface area contributed by atoms with Crippen molar-refractivity contribution in [1.82, 2.24) is 0 Å². The van der Waals surface area contributed by atoms with Crippen LogP contribution in [0, 0.1) is 35.1 Å². The normalized spacial score (nSPS) is 22.7. The lowest BCUT2D eigenvalue weighted by Crippen LogP contribution is -2.37. The SMILES string of the molecule is CCCCC1CCC(C(F)(F)Oc2cc(F)c3c(c2)CCC(c2cc(F)c(F)c(F)c2)O3)CC1. The number of unbranched alkanes of at least 4 members (excludes halogenated alkanes) is 1. The highest BCUT2D eigenvalue weighted by Crippen LogP contribution is 2.44. The molecule has 0 aromatic heterocycles. The van der Waals surface area contributed by atoms with Crippen LogP contribution in [-0.4, -0.2) is 6.11 Å². The number of fused-ring (bicyclic) bond motifs is 1. The highest BCUT2D eigenvalue weighted by molar-refractivity contribution is 5.44.